The van der Waals surface area contributed by atoms with Crippen molar-refractivity contribution < 1.29 is 14.6 Å². The molecular weight excluding hydrogens is 326 g/mol. The standard InChI is InChI=1S/C22H27NO3/c1-26-21-10-6-5-9-17(21)11-12-22(25)23-20(18-14-19(24)15-18)13-16-7-3-2-4-8-16/h2-10,18-20,24H,11-15H2,1H3,(H,23,25)/t18?,19?,20-/m0/s1. The van der Waals surface area contributed by atoms with Crippen molar-refractivity contribution in [2.75, 3.05) is 7.11 Å². The van der Waals surface area contributed by atoms with Crippen LogP contribution in [0.15, 0.2) is 54.6 Å². The first-order chi connectivity index (χ1) is 12.7. The van der Waals surface area contributed by atoms with E-state index in [9.17, 15) is 9.90 Å². The number of aliphatic hydroxyl groups is 1. The minimum absolute atomic E-state index is 0.0539. The average molecular weight is 353 g/mol. The summed E-state index contributed by atoms with van der Waals surface area (Å²) in [5.74, 6) is 1.22. The Hall–Kier alpha value is -2.33. The molecule has 2 aromatic rings. The lowest BCUT2D eigenvalue weighted by Crippen LogP contribution is -2.48. The largest absolute Gasteiger partial charge is 0.496 e. The van der Waals surface area contributed by atoms with Crippen molar-refractivity contribution in [3.05, 3.63) is 65.7 Å². The number of aryl methyl sites for hydroxylation is 1. The Labute approximate surface area is 155 Å². The topological polar surface area (TPSA) is 58.6 Å². The van der Waals surface area contributed by atoms with E-state index in [1.165, 1.54) is 5.56 Å². The van der Waals surface area contributed by atoms with Gasteiger partial charge in [0.1, 0.15) is 5.75 Å². The van der Waals surface area contributed by atoms with Gasteiger partial charge < -0.3 is 15.2 Å². The number of methoxy groups -OCH3 is 1. The van der Waals surface area contributed by atoms with Gasteiger partial charge in [-0.15, -0.1) is 0 Å². The van der Waals surface area contributed by atoms with E-state index in [-0.39, 0.29) is 18.1 Å². The van der Waals surface area contributed by atoms with E-state index < -0.39 is 0 Å². The summed E-state index contributed by atoms with van der Waals surface area (Å²) >= 11 is 0. The molecule has 0 aromatic heterocycles. The van der Waals surface area contributed by atoms with Gasteiger partial charge in [0.05, 0.1) is 13.2 Å². The number of hydrogen-bond acceptors (Lipinski definition) is 3. The van der Waals surface area contributed by atoms with Crippen LogP contribution in [0.5, 0.6) is 5.75 Å². The summed E-state index contributed by atoms with van der Waals surface area (Å²) in [6.07, 6.45) is 3.21. The number of carbonyl (C=O) groups excluding carboxylic acids is 1. The van der Waals surface area contributed by atoms with E-state index in [2.05, 4.69) is 17.4 Å². The maximum Gasteiger partial charge on any atom is 0.220 e. The number of hydrogen-bond donors (Lipinski definition) is 2. The van der Waals surface area contributed by atoms with Crippen LogP contribution in [-0.2, 0) is 17.6 Å². The molecule has 1 amide bonds. The minimum atomic E-state index is -0.219. The molecule has 138 valence electrons. The molecule has 1 fully saturated rings. The summed E-state index contributed by atoms with van der Waals surface area (Å²) in [5.41, 5.74) is 2.26. The highest BCUT2D eigenvalue weighted by Gasteiger charge is 2.34. The second-order valence-corrected chi connectivity index (χ2v) is 7.06. The molecule has 1 aliphatic rings. The first kappa shape index (κ1) is 18.5. The summed E-state index contributed by atoms with van der Waals surface area (Å²) in [7, 11) is 1.65. The SMILES string of the molecule is COc1ccccc1CCC(=O)N[C@@H](Cc1ccccc1)C1CC(O)C1. The van der Waals surface area contributed by atoms with Gasteiger partial charge in [0.2, 0.25) is 5.91 Å². The Balaban J connectivity index is 1.58. The Kier molecular flexibility index (Phi) is 6.29. The van der Waals surface area contributed by atoms with Crippen LogP contribution in [0.4, 0.5) is 0 Å². The van der Waals surface area contributed by atoms with Gasteiger partial charge in [-0.25, -0.2) is 0 Å². The van der Waals surface area contributed by atoms with Crippen LogP contribution in [0.25, 0.3) is 0 Å². The molecule has 0 heterocycles. The van der Waals surface area contributed by atoms with Gasteiger partial charge in [0.25, 0.3) is 0 Å². The zero-order valence-corrected chi connectivity index (χ0v) is 15.2. The van der Waals surface area contributed by atoms with Gasteiger partial charge in [-0.05, 0) is 48.8 Å². The van der Waals surface area contributed by atoms with Crippen LogP contribution in [0, 0.1) is 5.92 Å². The smallest absolute Gasteiger partial charge is 0.220 e. The van der Waals surface area contributed by atoms with Gasteiger partial charge >= 0.3 is 0 Å². The summed E-state index contributed by atoms with van der Waals surface area (Å²) in [6.45, 7) is 0. The van der Waals surface area contributed by atoms with Crippen molar-refractivity contribution >= 4 is 5.91 Å². The van der Waals surface area contributed by atoms with Gasteiger partial charge in [-0.1, -0.05) is 48.5 Å². The second-order valence-electron chi connectivity index (χ2n) is 7.06. The fourth-order valence-electron chi connectivity index (χ4n) is 3.60. The third-order valence-electron chi connectivity index (χ3n) is 5.18. The predicted octanol–water partition coefficient (Wildman–Crippen LogP) is 3.13. The number of ether oxygens (including phenoxy) is 1. The highest BCUT2D eigenvalue weighted by molar-refractivity contribution is 5.76. The number of amides is 1. The van der Waals surface area contributed by atoms with Crippen LogP contribution in [-0.4, -0.2) is 30.3 Å². The van der Waals surface area contributed by atoms with E-state index in [1.54, 1.807) is 7.11 Å². The van der Waals surface area contributed by atoms with E-state index in [1.807, 2.05) is 42.5 Å². The Morgan fingerprint density at radius 1 is 1.15 bits per heavy atom. The number of carbonyl (C=O) groups is 1. The van der Waals surface area contributed by atoms with Crippen molar-refractivity contribution in [3.63, 3.8) is 0 Å². The Bertz CT molecular complexity index is 710. The van der Waals surface area contributed by atoms with E-state index in [0.29, 0.717) is 18.8 Å². The second kappa shape index (κ2) is 8.86. The van der Waals surface area contributed by atoms with E-state index >= 15 is 0 Å². The molecule has 1 aliphatic carbocycles. The van der Waals surface area contributed by atoms with Crippen LogP contribution in [0.3, 0.4) is 0 Å². The number of nitrogens with one attached hydrogen (secondary N) is 1. The molecule has 4 heteroatoms. The van der Waals surface area contributed by atoms with Crippen LogP contribution in [0.2, 0.25) is 0 Å². The molecule has 0 radical (unpaired) electrons. The third-order valence-corrected chi connectivity index (χ3v) is 5.18. The maximum absolute atomic E-state index is 12.5. The maximum atomic E-state index is 12.5. The van der Waals surface area contributed by atoms with Crippen molar-refractivity contribution in [1.82, 2.24) is 5.32 Å². The van der Waals surface area contributed by atoms with Crippen LogP contribution in [0.1, 0.15) is 30.4 Å². The fraction of sp³-hybridized carbons (Fsp3) is 0.409. The van der Waals surface area contributed by atoms with Gasteiger partial charge in [-0.3, -0.25) is 4.79 Å². The summed E-state index contributed by atoms with van der Waals surface area (Å²) < 4.78 is 5.35. The Morgan fingerprint density at radius 3 is 2.54 bits per heavy atom. The quantitative estimate of drug-likeness (QED) is 0.767. The van der Waals surface area contributed by atoms with Crippen molar-refractivity contribution in [2.24, 2.45) is 5.92 Å². The zero-order valence-electron chi connectivity index (χ0n) is 15.2. The number of aliphatic hydroxyl groups excluding tert-OH is 1. The van der Waals surface area contributed by atoms with E-state index in [4.69, 9.17) is 4.74 Å². The molecule has 3 rings (SSSR count). The first-order valence-corrected chi connectivity index (χ1v) is 9.29. The molecule has 0 saturated heterocycles. The molecule has 1 saturated carbocycles. The van der Waals surface area contributed by atoms with Crippen LogP contribution >= 0.6 is 0 Å². The van der Waals surface area contributed by atoms with Crippen molar-refractivity contribution in [1.29, 1.82) is 0 Å². The molecule has 0 unspecified atom stereocenters. The predicted molar refractivity (Wildman–Crippen MR) is 102 cm³/mol. The average Bonchev–Trinajstić information content (AvgIpc) is 2.64. The highest BCUT2D eigenvalue weighted by Crippen LogP contribution is 2.32. The molecule has 1 atom stereocenters. The number of para-hydroxylation sites is 1. The first-order valence-electron chi connectivity index (χ1n) is 9.29. The summed E-state index contributed by atoms with van der Waals surface area (Å²) in [4.78, 5) is 12.5. The molecular formula is C22H27NO3. The monoisotopic (exact) mass is 353 g/mol. The lowest BCUT2D eigenvalue weighted by atomic mass is 9.75. The number of rotatable bonds is 8. The Morgan fingerprint density at radius 2 is 1.85 bits per heavy atom. The van der Waals surface area contributed by atoms with Gasteiger partial charge in [0.15, 0.2) is 0 Å². The molecule has 2 N–H and O–H groups in total. The summed E-state index contributed by atoms with van der Waals surface area (Å²) in [5, 5.41) is 12.9. The lowest BCUT2D eigenvalue weighted by molar-refractivity contribution is -0.122. The normalized spacial score (nSPS) is 20.1. The summed E-state index contributed by atoms with van der Waals surface area (Å²) in [6, 6.07) is 18.1. The van der Waals surface area contributed by atoms with Crippen LogP contribution < -0.4 is 10.1 Å². The molecule has 0 spiro atoms. The molecule has 26 heavy (non-hydrogen) atoms. The fourth-order valence-corrected chi connectivity index (χ4v) is 3.60. The van der Waals surface area contributed by atoms with E-state index in [0.717, 1.165) is 30.6 Å². The zero-order chi connectivity index (χ0) is 18.4. The van der Waals surface area contributed by atoms with Gasteiger partial charge in [0, 0.05) is 12.5 Å². The molecule has 0 aliphatic heterocycles. The van der Waals surface area contributed by atoms with Crippen molar-refractivity contribution in [2.45, 2.75) is 44.2 Å². The number of benzene rings is 2. The third kappa shape index (κ3) is 4.85. The minimum Gasteiger partial charge on any atom is -0.496 e. The van der Waals surface area contributed by atoms with Crippen molar-refractivity contribution in [3.8, 4) is 5.75 Å². The molecule has 4 nitrogen and oxygen atoms in total. The lowest BCUT2D eigenvalue weighted by Gasteiger charge is -2.38. The highest BCUT2D eigenvalue weighted by atomic mass is 16.5. The molecule has 2 aromatic carbocycles. The van der Waals surface area contributed by atoms with Gasteiger partial charge in [-0.2, -0.15) is 0 Å². The molecule has 0 bridgehead atoms.